The lowest BCUT2D eigenvalue weighted by atomic mass is 9.79. The molecule has 0 amide bonds. The van der Waals surface area contributed by atoms with Crippen LogP contribution in [0, 0.1) is 0 Å². The largest absolute Gasteiger partial charge is 0.481 e. The number of aliphatic carboxylic acids is 1. The van der Waals surface area contributed by atoms with Gasteiger partial charge in [-0.3, -0.25) is 4.79 Å². The van der Waals surface area contributed by atoms with Crippen molar-refractivity contribution in [3.05, 3.63) is 33.8 Å². The number of carboxylic acids is 1. The van der Waals surface area contributed by atoms with Crippen LogP contribution in [0.15, 0.2) is 18.2 Å². The second kappa shape index (κ2) is 5.04. The molecule has 0 aromatic heterocycles. The first-order chi connectivity index (χ1) is 7.41. The highest BCUT2D eigenvalue weighted by molar-refractivity contribution is 6.33. The molecule has 0 radical (unpaired) electrons. The molecule has 1 aromatic carbocycles. The van der Waals surface area contributed by atoms with Crippen molar-refractivity contribution in [1.29, 1.82) is 0 Å². The predicted molar refractivity (Wildman–Crippen MR) is 65.1 cm³/mol. The molecule has 0 saturated heterocycles. The molecule has 0 heterocycles. The van der Waals surface area contributed by atoms with Gasteiger partial charge in [0.15, 0.2) is 0 Å². The SMILES string of the molecule is CC(CCN)(C(=O)O)c1cc(Cl)ccc1Cl. The monoisotopic (exact) mass is 261 g/mol. The van der Waals surface area contributed by atoms with Crippen molar-refractivity contribution in [2.24, 2.45) is 5.73 Å². The van der Waals surface area contributed by atoms with Crippen molar-refractivity contribution in [2.75, 3.05) is 6.54 Å². The highest BCUT2D eigenvalue weighted by Gasteiger charge is 2.36. The van der Waals surface area contributed by atoms with Gasteiger partial charge in [-0.05, 0) is 43.7 Å². The zero-order valence-electron chi connectivity index (χ0n) is 8.84. The van der Waals surface area contributed by atoms with Crippen LogP contribution in [0.4, 0.5) is 0 Å². The lowest BCUT2D eigenvalue weighted by Gasteiger charge is -2.25. The Morgan fingerprint density at radius 1 is 1.50 bits per heavy atom. The second-order valence-electron chi connectivity index (χ2n) is 3.80. The van der Waals surface area contributed by atoms with Crippen LogP contribution in [-0.2, 0) is 10.2 Å². The van der Waals surface area contributed by atoms with Crippen molar-refractivity contribution < 1.29 is 9.90 Å². The van der Waals surface area contributed by atoms with Crippen LogP contribution in [0.25, 0.3) is 0 Å². The molecule has 1 aromatic rings. The zero-order chi connectivity index (χ0) is 12.3. The third kappa shape index (κ3) is 2.48. The van der Waals surface area contributed by atoms with Gasteiger partial charge in [0.1, 0.15) is 0 Å². The molecule has 0 aliphatic heterocycles. The third-order valence-electron chi connectivity index (χ3n) is 2.64. The number of nitrogens with two attached hydrogens (primary N) is 1. The first-order valence-electron chi connectivity index (χ1n) is 4.81. The summed E-state index contributed by atoms with van der Waals surface area (Å²) in [6.07, 6.45) is 0.308. The van der Waals surface area contributed by atoms with Gasteiger partial charge in [-0.15, -0.1) is 0 Å². The van der Waals surface area contributed by atoms with Gasteiger partial charge in [0, 0.05) is 10.0 Å². The van der Waals surface area contributed by atoms with Gasteiger partial charge in [-0.25, -0.2) is 0 Å². The van der Waals surface area contributed by atoms with Gasteiger partial charge in [-0.1, -0.05) is 23.2 Å². The number of hydrogen-bond donors (Lipinski definition) is 2. The molecule has 0 aliphatic carbocycles. The van der Waals surface area contributed by atoms with E-state index in [-0.39, 0.29) is 6.54 Å². The predicted octanol–water partition coefficient (Wildman–Crippen LogP) is 2.68. The first-order valence-corrected chi connectivity index (χ1v) is 5.56. The van der Waals surface area contributed by atoms with Gasteiger partial charge in [0.05, 0.1) is 5.41 Å². The lowest BCUT2D eigenvalue weighted by molar-refractivity contribution is -0.143. The maximum atomic E-state index is 11.3. The number of benzene rings is 1. The maximum Gasteiger partial charge on any atom is 0.313 e. The minimum absolute atomic E-state index is 0.269. The van der Waals surface area contributed by atoms with Gasteiger partial charge >= 0.3 is 5.97 Å². The van der Waals surface area contributed by atoms with E-state index < -0.39 is 11.4 Å². The second-order valence-corrected chi connectivity index (χ2v) is 4.64. The van der Waals surface area contributed by atoms with E-state index >= 15 is 0 Å². The Morgan fingerprint density at radius 2 is 2.12 bits per heavy atom. The van der Waals surface area contributed by atoms with Crippen LogP contribution >= 0.6 is 23.2 Å². The molecule has 3 nitrogen and oxygen atoms in total. The molecule has 5 heteroatoms. The minimum Gasteiger partial charge on any atom is -0.481 e. The molecule has 1 atom stereocenters. The quantitative estimate of drug-likeness (QED) is 0.876. The number of carboxylic acid groups (broad SMARTS) is 1. The normalized spacial score (nSPS) is 14.5. The van der Waals surface area contributed by atoms with Crippen molar-refractivity contribution >= 4 is 29.2 Å². The Bertz CT molecular complexity index is 409. The summed E-state index contributed by atoms with van der Waals surface area (Å²) < 4.78 is 0. The highest BCUT2D eigenvalue weighted by atomic mass is 35.5. The highest BCUT2D eigenvalue weighted by Crippen LogP contribution is 2.34. The molecule has 3 N–H and O–H groups in total. The molecule has 1 unspecified atom stereocenters. The Hall–Kier alpha value is -0.770. The van der Waals surface area contributed by atoms with Crippen LogP contribution in [0.5, 0.6) is 0 Å². The maximum absolute atomic E-state index is 11.3. The van der Waals surface area contributed by atoms with Gasteiger partial charge in [0.2, 0.25) is 0 Å². The van der Waals surface area contributed by atoms with Crippen LogP contribution in [0.1, 0.15) is 18.9 Å². The topological polar surface area (TPSA) is 63.3 Å². The number of halogens is 2. The van der Waals surface area contributed by atoms with Crippen molar-refractivity contribution in [1.82, 2.24) is 0 Å². The van der Waals surface area contributed by atoms with E-state index in [0.717, 1.165) is 0 Å². The average Bonchev–Trinajstić information content (AvgIpc) is 2.21. The molecular weight excluding hydrogens is 249 g/mol. The molecule has 16 heavy (non-hydrogen) atoms. The minimum atomic E-state index is -1.10. The van der Waals surface area contributed by atoms with E-state index in [1.807, 2.05) is 0 Å². The summed E-state index contributed by atoms with van der Waals surface area (Å²) in [4.78, 5) is 11.3. The van der Waals surface area contributed by atoms with Crippen molar-refractivity contribution in [3.63, 3.8) is 0 Å². The number of rotatable bonds is 4. The summed E-state index contributed by atoms with van der Waals surface area (Å²) in [5.41, 5.74) is 4.84. The van der Waals surface area contributed by atoms with E-state index in [1.165, 1.54) is 0 Å². The molecule has 0 fully saturated rings. The molecule has 0 saturated carbocycles. The van der Waals surface area contributed by atoms with Gasteiger partial charge < -0.3 is 10.8 Å². The summed E-state index contributed by atoms with van der Waals surface area (Å²) in [6.45, 7) is 1.87. The number of carbonyl (C=O) groups is 1. The van der Waals surface area contributed by atoms with Crippen LogP contribution in [-0.4, -0.2) is 17.6 Å². The van der Waals surface area contributed by atoms with Crippen LogP contribution < -0.4 is 5.73 Å². The van der Waals surface area contributed by atoms with E-state index in [9.17, 15) is 9.90 Å². The Kier molecular flexibility index (Phi) is 4.19. The summed E-state index contributed by atoms with van der Waals surface area (Å²) in [5, 5.41) is 10.1. The summed E-state index contributed by atoms with van der Waals surface area (Å²) in [7, 11) is 0. The Balaban J connectivity index is 3.31. The smallest absolute Gasteiger partial charge is 0.313 e. The molecule has 0 bridgehead atoms. The zero-order valence-corrected chi connectivity index (χ0v) is 10.3. The lowest BCUT2D eigenvalue weighted by Crippen LogP contribution is -2.35. The van der Waals surface area contributed by atoms with E-state index in [2.05, 4.69) is 0 Å². The van der Waals surface area contributed by atoms with Crippen LogP contribution in [0.2, 0.25) is 10.0 Å². The molecular formula is C11H13Cl2NO2. The Labute approximate surface area is 104 Å². The average molecular weight is 262 g/mol. The van der Waals surface area contributed by atoms with Gasteiger partial charge in [-0.2, -0.15) is 0 Å². The summed E-state index contributed by atoms with van der Waals surface area (Å²) in [6, 6.07) is 4.79. The first kappa shape index (κ1) is 13.3. The molecule has 88 valence electrons. The van der Waals surface area contributed by atoms with Crippen molar-refractivity contribution in [2.45, 2.75) is 18.8 Å². The Morgan fingerprint density at radius 3 is 2.62 bits per heavy atom. The third-order valence-corrected chi connectivity index (χ3v) is 3.20. The molecule has 0 aliphatic rings. The van der Waals surface area contributed by atoms with E-state index in [1.54, 1.807) is 25.1 Å². The van der Waals surface area contributed by atoms with Crippen LogP contribution in [0.3, 0.4) is 0 Å². The summed E-state index contributed by atoms with van der Waals surface area (Å²) in [5.74, 6) is -0.956. The summed E-state index contributed by atoms with van der Waals surface area (Å²) >= 11 is 11.8. The van der Waals surface area contributed by atoms with E-state index in [0.29, 0.717) is 22.0 Å². The number of hydrogen-bond acceptors (Lipinski definition) is 2. The molecule has 0 spiro atoms. The van der Waals surface area contributed by atoms with Gasteiger partial charge in [0.25, 0.3) is 0 Å². The van der Waals surface area contributed by atoms with Crippen molar-refractivity contribution in [3.8, 4) is 0 Å². The standard InChI is InChI=1S/C11H13Cl2NO2/c1-11(4-5-14,10(15)16)8-6-7(12)2-3-9(8)13/h2-3,6H,4-5,14H2,1H3,(H,15,16). The van der Waals surface area contributed by atoms with E-state index in [4.69, 9.17) is 28.9 Å². The fourth-order valence-electron chi connectivity index (χ4n) is 1.57. The fourth-order valence-corrected chi connectivity index (χ4v) is 2.06. The molecule has 1 rings (SSSR count). The fraction of sp³-hybridized carbons (Fsp3) is 0.364.